The second-order valence-electron chi connectivity index (χ2n) is 5.48. The first-order valence-electron chi connectivity index (χ1n) is 7.05. The molecule has 2 atom stereocenters. The highest BCUT2D eigenvalue weighted by Gasteiger charge is 2.38. The molecule has 19 heavy (non-hydrogen) atoms. The normalized spacial score (nSPS) is 29.2. The second-order valence-corrected chi connectivity index (χ2v) is 5.48. The molecule has 0 aromatic heterocycles. The smallest absolute Gasteiger partial charge is 0.137 e. The number of ether oxygens (including phenoxy) is 1. The number of rotatable bonds is 3. The van der Waals surface area contributed by atoms with Crippen LogP contribution in [0.2, 0.25) is 0 Å². The maximum Gasteiger partial charge on any atom is 0.137 e. The molecule has 1 heterocycles. The van der Waals surface area contributed by atoms with Crippen LogP contribution in [0.4, 0.5) is 4.39 Å². The summed E-state index contributed by atoms with van der Waals surface area (Å²) in [5.41, 5.74) is 0.976. The van der Waals surface area contributed by atoms with E-state index in [0.29, 0.717) is 6.04 Å². The van der Waals surface area contributed by atoms with Crippen molar-refractivity contribution in [1.82, 2.24) is 4.90 Å². The molecule has 4 heteroatoms. The zero-order valence-corrected chi connectivity index (χ0v) is 11.0. The largest absolute Gasteiger partial charge is 0.394 e. The zero-order valence-electron chi connectivity index (χ0n) is 11.0. The van der Waals surface area contributed by atoms with E-state index in [1.165, 1.54) is 37.8 Å². The Morgan fingerprint density at radius 1 is 1.21 bits per heavy atom. The van der Waals surface area contributed by atoms with Crippen molar-refractivity contribution in [2.24, 2.45) is 0 Å². The van der Waals surface area contributed by atoms with E-state index in [4.69, 9.17) is 4.74 Å². The molecule has 2 fully saturated rings. The minimum Gasteiger partial charge on any atom is -0.394 e. The maximum atomic E-state index is 13.0. The highest BCUT2D eigenvalue weighted by atomic mass is 19.1. The standard InChI is InChI=1S/C15H20FNO2/c16-12-7-5-11(6-8-12)15-17(9-14(10-18)19-15)13-3-1-2-4-13/h5-8,13-15,18H,1-4,9-10H2. The van der Waals surface area contributed by atoms with E-state index in [1.807, 2.05) is 0 Å². The van der Waals surface area contributed by atoms with E-state index in [-0.39, 0.29) is 24.8 Å². The Labute approximate surface area is 113 Å². The molecule has 2 aliphatic rings. The third kappa shape index (κ3) is 2.66. The quantitative estimate of drug-likeness (QED) is 0.911. The topological polar surface area (TPSA) is 32.7 Å². The minimum absolute atomic E-state index is 0.0426. The SMILES string of the molecule is OCC1CN(C2CCCC2)C(c2ccc(F)cc2)O1. The molecule has 0 spiro atoms. The van der Waals surface area contributed by atoms with E-state index in [1.54, 1.807) is 12.1 Å². The third-order valence-corrected chi connectivity index (χ3v) is 4.19. The molecule has 104 valence electrons. The molecule has 0 amide bonds. The first kappa shape index (κ1) is 13.0. The summed E-state index contributed by atoms with van der Waals surface area (Å²) in [4.78, 5) is 2.33. The van der Waals surface area contributed by atoms with Crippen LogP contribution in [0.5, 0.6) is 0 Å². The van der Waals surface area contributed by atoms with Gasteiger partial charge in [0.15, 0.2) is 0 Å². The van der Waals surface area contributed by atoms with Gasteiger partial charge in [-0.25, -0.2) is 4.39 Å². The van der Waals surface area contributed by atoms with Gasteiger partial charge in [0.1, 0.15) is 12.0 Å². The van der Waals surface area contributed by atoms with Crippen molar-refractivity contribution < 1.29 is 14.2 Å². The van der Waals surface area contributed by atoms with Gasteiger partial charge in [0.25, 0.3) is 0 Å². The summed E-state index contributed by atoms with van der Waals surface area (Å²) in [6.07, 6.45) is 4.65. The van der Waals surface area contributed by atoms with E-state index in [0.717, 1.165) is 12.1 Å². The van der Waals surface area contributed by atoms with Gasteiger partial charge in [-0.3, -0.25) is 4.90 Å². The number of nitrogens with zero attached hydrogens (tertiary/aromatic N) is 1. The molecule has 0 bridgehead atoms. The fraction of sp³-hybridized carbons (Fsp3) is 0.600. The average molecular weight is 265 g/mol. The lowest BCUT2D eigenvalue weighted by molar-refractivity contribution is -0.0296. The van der Waals surface area contributed by atoms with Gasteiger partial charge in [-0.2, -0.15) is 0 Å². The van der Waals surface area contributed by atoms with Gasteiger partial charge in [0, 0.05) is 12.6 Å². The Balaban J connectivity index is 1.81. The van der Waals surface area contributed by atoms with Crippen molar-refractivity contribution in [3.05, 3.63) is 35.6 Å². The Hall–Kier alpha value is -0.970. The van der Waals surface area contributed by atoms with Crippen molar-refractivity contribution in [2.75, 3.05) is 13.2 Å². The van der Waals surface area contributed by atoms with Gasteiger partial charge >= 0.3 is 0 Å². The molecule has 2 unspecified atom stereocenters. The highest BCUT2D eigenvalue weighted by molar-refractivity contribution is 5.19. The Morgan fingerprint density at radius 2 is 1.89 bits per heavy atom. The average Bonchev–Trinajstić information content (AvgIpc) is 3.08. The molecule has 3 nitrogen and oxygen atoms in total. The lowest BCUT2D eigenvalue weighted by Crippen LogP contribution is -2.34. The van der Waals surface area contributed by atoms with Crippen LogP contribution >= 0.6 is 0 Å². The summed E-state index contributed by atoms with van der Waals surface area (Å²) in [6, 6.07) is 7.03. The lowest BCUT2D eigenvalue weighted by Gasteiger charge is -2.28. The Kier molecular flexibility index (Phi) is 3.82. The number of aliphatic hydroxyl groups excluding tert-OH is 1. The summed E-state index contributed by atoms with van der Waals surface area (Å²) < 4.78 is 18.9. The van der Waals surface area contributed by atoms with Crippen molar-refractivity contribution in [3.63, 3.8) is 0 Å². The van der Waals surface area contributed by atoms with Gasteiger partial charge in [0.05, 0.1) is 12.7 Å². The van der Waals surface area contributed by atoms with Gasteiger partial charge in [-0.15, -0.1) is 0 Å². The fourth-order valence-electron chi connectivity index (χ4n) is 3.21. The van der Waals surface area contributed by atoms with Gasteiger partial charge in [-0.1, -0.05) is 25.0 Å². The first-order valence-corrected chi connectivity index (χ1v) is 7.05. The Morgan fingerprint density at radius 3 is 2.53 bits per heavy atom. The number of aliphatic hydroxyl groups is 1. The van der Waals surface area contributed by atoms with Crippen LogP contribution in [-0.2, 0) is 4.74 Å². The molecule has 1 aliphatic heterocycles. The van der Waals surface area contributed by atoms with Crippen molar-refractivity contribution >= 4 is 0 Å². The van der Waals surface area contributed by atoms with Gasteiger partial charge in [-0.05, 0) is 30.5 Å². The molecular weight excluding hydrogens is 245 g/mol. The van der Waals surface area contributed by atoms with Gasteiger partial charge in [0.2, 0.25) is 0 Å². The zero-order chi connectivity index (χ0) is 13.2. The van der Waals surface area contributed by atoms with Crippen LogP contribution in [0.15, 0.2) is 24.3 Å². The fourth-order valence-corrected chi connectivity index (χ4v) is 3.21. The third-order valence-electron chi connectivity index (χ3n) is 4.19. The molecule has 1 saturated heterocycles. The lowest BCUT2D eigenvalue weighted by atomic mass is 10.1. The molecule has 1 saturated carbocycles. The summed E-state index contributed by atoms with van der Waals surface area (Å²) in [5, 5.41) is 9.32. The maximum absolute atomic E-state index is 13.0. The predicted octanol–water partition coefficient (Wildman–Crippen LogP) is 2.46. The highest BCUT2D eigenvalue weighted by Crippen LogP contribution is 2.36. The molecule has 3 rings (SSSR count). The number of hydrogen-bond acceptors (Lipinski definition) is 3. The first-order chi connectivity index (χ1) is 9.28. The van der Waals surface area contributed by atoms with E-state index in [2.05, 4.69) is 4.90 Å². The number of benzene rings is 1. The summed E-state index contributed by atoms with van der Waals surface area (Å²) in [5.74, 6) is -0.229. The monoisotopic (exact) mass is 265 g/mol. The van der Waals surface area contributed by atoms with Crippen molar-refractivity contribution in [3.8, 4) is 0 Å². The molecule has 1 N–H and O–H groups in total. The van der Waals surface area contributed by atoms with Crippen LogP contribution < -0.4 is 0 Å². The van der Waals surface area contributed by atoms with Crippen LogP contribution in [0.25, 0.3) is 0 Å². The van der Waals surface area contributed by atoms with Gasteiger partial charge < -0.3 is 9.84 Å². The molecule has 1 aliphatic carbocycles. The number of halogens is 1. The summed E-state index contributed by atoms with van der Waals surface area (Å²) in [6.45, 7) is 0.810. The van der Waals surface area contributed by atoms with E-state index >= 15 is 0 Å². The van der Waals surface area contributed by atoms with Crippen LogP contribution in [0.3, 0.4) is 0 Å². The van der Waals surface area contributed by atoms with Crippen LogP contribution in [-0.4, -0.2) is 35.3 Å². The molecule has 0 radical (unpaired) electrons. The number of hydrogen-bond donors (Lipinski definition) is 1. The van der Waals surface area contributed by atoms with Crippen LogP contribution in [0, 0.1) is 5.82 Å². The van der Waals surface area contributed by atoms with E-state index in [9.17, 15) is 9.50 Å². The van der Waals surface area contributed by atoms with E-state index < -0.39 is 0 Å². The summed E-state index contributed by atoms with van der Waals surface area (Å²) >= 11 is 0. The van der Waals surface area contributed by atoms with Crippen LogP contribution in [0.1, 0.15) is 37.5 Å². The molecule has 1 aromatic rings. The van der Waals surface area contributed by atoms with Crippen molar-refractivity contribution in [1.29, 1.82) is 0 Å². The molecule has 1 aromatic carbocycles. The molecular formula is C15H20FNO2. The Bertz CT molecular complexity index is 417. The second kappa shape index (κ2) is 5.57. The minimum atomic E-state index is -0.229. The predicted molar refractivity (Wildman–Crippen MR) is 70.1 cm³/mol. The summed E-state index contributed by atoms with van der Waals surface area (Å²) in [7, 11) is 0. The van der Waals surface area contributed by atoms with Crippen molar-refractivity contribution in [2.45, 2.75) is 44.1 Å².